The van der Waals surface area contributed by atoms with Crippen LogP contribution in [0.15, 0.2) is 16.2 Å². The molecule has 106 valence electrons. The van der Waals surface area contributed by atoms with E-state index in [1.54, 1.807) is 0 Å². The minimum absolute atomic E-state index is 0.420. The van der Waals surface area contributed by atoms with Gasteiger partial charge in [-0.05, 0) is 37.6 Å². The zero-order chi connectivity index (χ0) is 13.9. The summed E-state index contributed by atoms with van der Waals surface area (Å²) in [5, 5.41) is 10.3. The topological polar surface area (TPSA) is 94.5 Å². The van der Waals surface area contributed by atoms with Crippen molar-refractivity contribution in [2.45, 2.75) is 49.3 Å². The number of hydrogen-bond acceptors (Lipinski definition) is 7. The molecule has 0 aliphatic carbocycles. The monoisotopic (exact) mass is 291 g/mol. The number of aromatic nitrogens is 5. The van der Waals surface area contributed by atoms with Gasteiger partial charge in [-0.3, -0.25) is 5.43 Å². The molecule has 0 saturated carbocycles. The van der Waals surface area contributed by atoms with E-state index in [1.807, 2.05) is 13.0 Å². The number of fused-ring (bicyclic) bond motifs is 1. The second kappa shape index (κ2) is 5.76. The summed E-state index contributed by atoms with van der Waals surface area (Å²) in [7, 11) is 0. The number of rotatable bonds is 3. The smallest absolute Gasteiger partial charge is 0.238 e. The zero-order valence-electron chi connectivity index (χ0n) is 11.3. The average molecular weight is 291 g/mol. The van der Waals surface area contributed by atoms with Gasteiger partial charge in [0.2, 0.25) is 5.95 Å². The molecule has 3 heterocycles. The van der Waals surface area contributed by atoms with Crippen LogP contribution in [0.25, 0.3) is 0 Å². The van der Waals surface area contributed by atoms with Crippen molar-refractivity contribution in [1.29, 1.82) is 0 Å². The highest BCUT2D eigenvalue weighted by atomic mass is 32.2. The summed E-state index contributed by atoms with van der Waals surface area (Å²) in [6, 6.07) is 1.92. The first kappa shape index (κ1) is 13.3. The number of hydrazine groups is 1. The van der Waals surface area contributed by atoms with Gasteiger partial charge in [0.25, 0.3) is 0 Å². The Morgan fingerprint density at radius 2 is 2.15 bits per heavy atom. The Balaban J connectivity index is 1.88. The van der Waals surface area contributed by atoms with Crippen LogP contribution in [-0.2, 0) is 13.0 Å². The molecule has 7 nitrogen and oxygen atoms in total. The van der Waals surface area contributed by atoms with Gasteiger partial charge in [-0.25, -0.2) is 15.8 Å². The van der Waals surface area contributed by atoms with Crippen molar-refractivity contribution >= 4 is 17.7 Å². The van der Waals surface area contributed by atoms with Gasteiger partial charge in [-0.1, -0.05) is 6.42 Å². The van der Waals surface area contributed by atoms with Crippen LogP contribution in [-0.4, -0.2) is 24.7 Å². The first-order valence-corrected chi connectivity index (χ1v) is 7.50. The minimum atomic E-state index is 0.420. The third kappa shape index (κ3) is 2.75. The van der Waals surface area contributed by atoms with Crippen molar-refractivity contribution < 1.29 is 0 Å². The Hall–Kier alpha value is -1.67. The van der Waals surface area contributed by atoms with Crippen molar-refractivity contribution in [3.05, 3.63) is 17.6 Å². The van der Waals surface area contributed by atoms with E-state index in [1.165, 1.54) is 31.0 Å². The van der Waals surface area contributed by atoms with E-state index in [2.05, 4.69) is 30.2 Å². The average Bonchev–Trinajstić information content (AvgIpc) is 2.67. The second-order valence-electron chi connectivity index (χ2n) is 4.78. The van der Waals surface area contributed by atoms with Crippen LogP contribution >= 0.6 is 11.8 Å². The molecule has 3 N–H and O–H groups in total. The lowest BCUT2D eigenvalue weighted by atomic mass is 10.2. The summed E-state index contributed by atoms with van der Waals surface area (Å²) in [5.74, 6) is 6.87. The molecular weight excluding hydrogens is 274 g/mol. The molecule has 8 heteroatoms. The van der Waals surface area contributed by atoms with E-state index >= 15 is 0 Å². The Morgan fingerprint density at radius 1 is 1.25 bits per heavy atom. The van der Waals surface area contributed by atoms with Crippen molar-refractivity contribution in [2.75, 3.05) is 5.43 Å². The molecule has 0 radical (unpaired) electrons. The molecule has 1 aliphatic heterocycles. The number of nitrogens with two attached hydrogens (primary N) is 1. The van der Waals surface area contributed by atoms with Crippen LogP contribution in [0.4, 0.5) is 5.95 Å². The Morgan fingerprint density at radius 3 is 3.00 bits per heavy atom. The number of nitrogens with one attached hydrogen (secondary N) is 1. The number of nitrogen functional groups attached to an aromatic ring is 1. The maximum atomic E-state index is 5.38. The summed E-state index contributed by atoms with van der Waals surface area (Å²) in [6.07, 6.45) is 4.63. The summed E-state index contributed by atoms with van der Waals surface area (Å²) in [4.78, 5) is 8.51. The number of hydrogen-bond donors (Lipinski definition) is 2. The molecule has 0 bridgehead atoms. The maximum Gasteiger partial charge on any atom is 0.238 e. The van der Waals surface area contributed by atoms with Gasteiger partial charge in [0, 0.05) is 18.7 Å². The molecule has 0 aromatic carbocycles. The lowest BCUT2D eigenvalue weighted by molar-refractivity contribution is 0.590. The highest BCUT2D eigenvalue weighted by Crippen LogP contribution is 2.28. The zero-order valence-corrected chi connectivity index (χ0v) is 12.2. The predicted octanol–water partition coefficient (Wildman–Crippen LogP) is 1.54. The summed E-state index contributed by atoms with van der Waals surface area (Å²) >= 11 is 1.50. The van der Waals surface area contributed by atoms with Crippen molar-refractivity contribution in [1.82, 2.24) is 24.7 Å². The van der Waals surface area contributed by atoms with Gasteiger partial charge in [-0.2, -0.15) is 0 Å². The second-order valence-corrected chi connectivity index (χ2v) is 5.77. The van der Waals surface area contributed by atoms with E-state index < -0.39 is 0 Å². The molecule has 1 aliphatic rings. The summed E-state index contributed by atoms with van der Waals surface area (Å²) in [5.41, 5.74) is 3.35. The van der Waals surface area contributed by atoms with Crippen molar-refractivity contribution in [2.24, 2.45) is 5.84 Å². The number of anilines is 1. The molecule has 2 aromatic heterocycles. The van der Waals surface area contributed by atoms with Gasteiger partial charge in [0.05, 0.1) is 0 Å². The Kier molecular flexibility index (Phi) is 3.83. The summed E-state index contributed by atoms with van der Waals surface area (Å²) < 4.78 is 2.20. The van der Waals surface area contributed by atoms with E-state index in [4.69, 9.17) is 5.84 Å². The lowest BCUT2D eigenvalue weighted by Crippen LogP contribution is -2.11. The molecule has 0 amide bonds. The predicted molar refractivity (Wildman–Crippen MR) is 76.3 cm³/mol. The van der Waals surface area contributed by atoms with Crippen LogP contribution in [0.1, 0.15) is 30.8 Å². The fourth-order valence-corrected chi connectivity index (χ4v) is 3.22. The first-order valence-electron chi connectivity index (χ1n) is 6.68. The largest absolute Gasteiger partial charge is 0.306 e. The highest BCUT2D eigenvalue weighted by Gasteiger charge is 2.16. The quantitative estimate of drug-likeness (QED) is 0.503. The molecule has 0 fully saturated rings. The van der Waals surface area contributed by atoms with Gasteiger partial charge < -0.3 is 4.57 Å². The van der Waals surface area contributed by atoms with E-state index in [-0.39, 0.29) is 0 Å². The molecule has 0 unspecified atom stereocenters. The van der Waals surface area contributed by atoms with E-state index in [9.17, 15) is 0 Å². The van der Waals surface area contributed by atoms with Gasteiger partial charge >= 0.3 is 0 Å². The number of aryl methyl sites for hydroxylation is 2. The third-order valence-electron chi connectivity index (χ3n) is 3.23. The fourth-order valence-electron chi connectivity index (χ4n) is 2.28. The number of nitrogens with zero attached hydrogens (tertiary/aromatic N) is 5. The molecule has 2 aromatic rings. The fraction of sp³-hybridized carbons (Fsp3) is 0.500. The molecule has 3 rings (SSSR count). The van der Waals surface area contributed by atoms with Gasteiger partial charge in [-0.15, -0.1) is 10.2 Å². The first-order chi connectivity index (χ1) is 9.76. The molecular formula is C12H17N7S. The van der Waals surface area contributed by atoms with E-state index in [0.29, 0.717) is 5.95 Å². The summed E-state index contributed by atoms with van der Waals surface area (Å²) in [6.45, 7) is 2.90. The SMILES string of the molecule is Cc1cc(Sc2nnc3n2CCCCC3)nc(NN)n1. The van der Waals surface area contributed by atoms with Gasteiger partial charge in [0.15, 0.2) is 5.16 Å². The van der Waals surface area contributed by atoms with Crippen LogP contribution in [0, 0.1) is 6.92 Å². The Labute approximate surface area is 121 Å². The minimum Gasteiger partial charge on any atom is -0.306 e. The Bertz CT molecular complexity index is 610. The lowest BCUT2D eigenvalue weighted by Gasteiger charge is -2.07. The standard InChI is InChI=1S/C12H17N7S/c1-8-7-10(15-11(14-8)16-13)20-12-18-17-9-5-3-2-4-6-19(9)12/h7H,2-6,13H2,1H3,(H,14,15,16). The van der Waals surface area contributed by atoms with Crippen molar-refractivity contribution in [3.8, 4) is 0 Å². The molecule has 0 atom stereocenters. The molecule has 0 spiro atoms. The van der Waals surface area contributed by atoms with Crippen LogP contribution in [0.3, 0.4) is 0 Å². The van der Waals surface area contributed by atoms with Crippen LogP contribution in [0.5, 0.6) is 0 Å². The molecule has 20 heavy (non-hydrogen) atoms. The van der Waals surface area contributed by atoms with Gasteiger partial charge in [0.1, 0.15) is 10.9 Å². The molecule has 0 saturated heterocycles. The van der Waals surface area contributed by atoms with Crippen LogP contribution in [0.2, 0.25) is 0 Å². The van der Waals surface area contributed by atoms with Crippen LogP contribution < -0.4 is 11.3 Å². The van der Waals surface area contributed by atoms with E-state index in [0.717, 1.165) is 34.7 Å². The highest BCUT2D eigenvalue weighted by molar-refractivity contribution is 7.99. The van der Waals surface area contributed by atoms with Crippen molar-refractivity contribution in [3.63, 3.8) is 0 Å². The normalized spacial score (nSPS) is 14.7. The maximum absolute atomic E-state index is 5.38. The third-order valence-corrected chi connectivity index (χ3v) is 4.13.